The number of rotatable bonds is 6. The zero-order valence-electron chi connectivity index (χ0n) is 15.0. The zero-order chi connectivity index (χ0) is 20.7. The highest BCUT2D eigenvalue weighted by molar-refractivity contribution is 8.13. The number of Topliss-reactive ketones (excluding diaryl/α,β-unsaturated/α-hetero) is 1. The lowest BCUT2D eigenvalue weighted by atomic mass is 10.1. The quantitative estimate of drug-likeness (QED) is 0.554. The molecule has 0 spiro atoms. The second-order valence-corrected chi connectivity index (χ2v) is 10.4. The molecule has 10 heteroatoms. The third kappa shape index (κ3) is 10.6. The molecule has 0 fully saturated rings. The summed E-state index contributed by atoms with van der Waals surface area (Å²) in [6.45, 7) is 1.72. The third-order valence-electron chi connectivity index (χ3n) is 2.92. The van der Waals surface area contributed by atoms with Gasteiger partial charge in [0.25, 0.3) is 0 Å². The summed E-state index contributed by atoms with van der Waals surface area (Å²) >= 11 is 0. The van der Waals surface area contributed by atoms with Gasteiger partial charge in [-0.25, -0.2) is 16.8 Å². The van der Waals surface area contributed by atoms with Gasteiger partial charge in [-0.1, -0.05) is 30.3 Å². The monoisotopic (exact) mass is 433 g/mol. The maximum atomic E-state index is 11.5. The molecule has 0 aliphatic rings. The van der Waals surface area contributed by atoms with Crippen LogP contribution in [0.3, 0.4) is 0 Å². The highest BCUT2D eigenvalue weighted by atomic mass is 35.7. The zero-order valence-corrected chi connectivity index (χ0v) is 17.4. The molecule has 0 aromatic heterocycles. The van der Waals surface area contributed by atoms with Crippen molar-refractivity contribution >= 4 is 41.2 Å². The molecule has 2 aromatic carbocycles. The van der Waals surface area contributed by atoms with E-state index in [4.69, 9.17) is 4.74 Å². The van der Waals surface area contributed by atoms with Crippen LogP contribution in [0, 0.1) is 0 Å². The average molecular weight is 434 g/mol. The Morgan fingerprint density at radius 1 is 1.04 bits per heavy atom. The van der Waals surface area contributed by atoms with Gasteiger partial charge in [-0.05, 0) is 30.7 Å². The van der Waals surface area contributed by atoms with Crippen LogP contribution < -0.4 is 9.46 Å². The molecule has 0 heterocycles. The minimum Gasteiger partial charge on any atom is -0.487 e. The number of hydrogen-bond donors (Lipinski definition) is 1. The molecular weight excluding hydrogens is 414 g/mol. The van der Waals surface area contributed by atoms with E-state index in [9.17, 15) is 21.6 Å². The Bertz CT molecular complexity index is 981. The Balaban J connectivity index is 0.000000646. The number of sulfonamides is 1. The minimum atomic E-state index is -3.47. The Morgan fingerprint density at radius 2 is 1.59 bits per heavy atom. The van der Waals surface area contributed by atoms with Crippen LogP contribution >= 0.6 is 10.7 Å². The van der Waals surface area contributed by atoms with Crippen LogP contribution in [-0.4, -0.2) is 35.1 Å². The number of carbonyl (C=O) groups excluding carboxylic acids is 1. The first-order valence-electron chi connectivity index (χ1n) is 7.54. The second kappa shape index (κ2) is 9.72. The van der Waals surface area contributed by atoms with E-state index >= 15 is 0 Å². The molecule has 1 N–H and O–H groups in total. The largest absolute Gasteiger partial charge is 0.487 e. The van der Waals surface area contributed by atoms with E-state index < -0.39 is 19.1 Å². The summed E-state index contributed by atoms with van der Waals surface area (Å²) in [4.78, 5) is 11.4. The Labute approximate surface area is 163 Å². The summed E-state index contributed by atoms with van der Waals surface area (Å²) in [5, 5.41) is 0. The Hall–Kier alpha value is -2.10. The van der Waals surface area contributed by atoms with Gasteiger partial charge in [0.1, 0.15) is 12.4 Å². The molecular formula is C17H20ClNO6S2. The lowest BCUT2D eigenvalue weighted by Gasteiger charge is -2.13. The van der Waals surface area contributed by atoms with Crippen molar-refractivity contribution in [3.8, 4) is 5.75 Å². The molecule has 2 rings (SSSR count). The molecule has 0 amide bonds. The van der Waals surface area contributed by atoms with Crippen molar-refractivity contribution in [3.05, 3.63) is 59.7 Å². The number of hydrogen-bond acceptors (Lipinski definition) is 6. The maximum absolute atomic E-state index is 11.5. The van der Waals surface area contributed by atoms with Gasteiger partial charge in [0.05, 0.1) is 18.2 Å². The van der Waals surface area contributed by atoms with Gasteiger partial charge < -0.3 is 4.74 Å². The van der Waals surface area contributed by atoms with Gasteiger partial charge in [0, 0.05) is 16.2 Å². The summed E-state index contributed by atoms with van der Waals surface area (Å²) in [6, 6.07) is 14.2. The average Bonchev–Trinajstić information content (AvgIpc) is 2.51. The summed E-state index contributed by atoms with van der Waals surface area (Å²) in [6.07, 6.45) is 1.98. The molecule has 0 saturated carbocycles. The fourth-order valence-corrected chi connectivity index (χ4v) is 2.45. The van der Waals surface area contributed by atoms with Crippen molar-refractivity contribution in [2.45, 2.75) is 13.5 Å². The molecule has 7 nitrogen and oxygen atoms in total. The van der Waals surface area contributed by atoms with Crippen LogP contribution in [0.25, 0.3) is 0 Å². The fourth-order valence-electron chi connectivity index (χ4n) is 1.89. The van der Waals surface area contributed by atoms with Crippen molar-refractivity contribution in [2.75, 3.05) is 17.2 Å². The van der Waals surface area contributed by atoms with E-state index in [0.29, 0.717) is 17.9 Å². The summed E-state index contributed by atoms with van der Waals surface area (Å²) in [7, 11) is -2.16. The molecule has 0 radical (unpaired) electrons. The number of ketones is 1. The first-order chi connectivity index (χ1) is 12.3. The summed E-state index contributed by atoms with van der Waals surface area (Å²) in [5.41, 5.74) is 1.63. The lowest BCUT2D eigenvalue weighted by Crippen LogP contribution is -2.11. The van der Waals surface area contributed by atoms with Gasteiger partial charge >= 0.3 is 0 Å². The highest BCUT2D eigenvalue weighted by Gasteiger charge is 2.12. The number of carbonyl (C=O) groups is 1. The van der Waals surface area contributed by atoms with E-state index in [-0.39, 0.29) is 11.5 Å². The SMILES string of the molecule is CC(=O)c1ccc(OCc2ccccc2)c(NS(C)(=O)=O)c1.CS(=O)(=O)Cl. The number of benzene rings is 2. The molecule has 0 saturated heterocycles. The minimum absolute atomic E-state index is 0.147. The van der Waals surface area contributed by atoms with Crippen molar-refractivity contribution in [1.82, 2.24) is 0 Å². The predicted octanol–water partition coefficient (Wildman–Crippen LogP) is 3.02. The maximum Gasteiger partial charge on any atom is 0.229 e. The van der Waals surface area contributed by atoms with Gasteiger partial charge in [0.2, 0.25) is 19.1 Å². The second-order valence-electron chi connectivity index (χ2n) is 5.60. The predicted molar refractivity (Wildman–Crippen MR) is 106 cm³/mol. The van der Waals surface area contributed by atoms with E-state index in [1.165, 1.54) is 13.0 Å². The van der Waals surface area contributed by atoms with Crippen LogP contribution in [0.15, 0.2) is 48.5 Å². The van der Waals surface area contributed by atoms with Crippen LogP contribution in [0.5, 0.6) is 5.75 Å². The first-order valence-corrected chi connectivity index (χ1v) is 12.1. The van der Waals surface area contributed by atoms with Crippen molar-refractivity contribution in [2.24, 2.45) is 0 Å². The van der Waals surface area contributed by atoms with Gasteiger partial charge in [-0.2, -0.15) is 0 Å². The summed E-state index contributed by atoms with van der Waals surface area (Å²) in [5.74, 6) is 0.227. The fraction of sp³-hybridized carbons (Fsp3) is 0.235. The highest BCUT2D eigenvalue weighted by Crippen LogP contribution is 2.27. The topological polar surface area (TPSA) is 107 Å². The van der Waals surface area contributed by atoms with Crippen molar-refractivity contribution in [3.63, 3.8) is 0 Å². The smallest absolute Gasteiger partial charge is 0.229 e. The molecule has 0 atom stereocenters. The Morgan fingerprint density at radius 3 is 2.07 bits per heavy atom. The van der Waals surface area contributed by atoms with Gasteiger partial charge in [-0.15, -0.1) is 0 Å². The van der Waals surface area contributed by atoms with Crippen LogP contribution in [0.4, 0.5) is 5.69 Å². The van der Waals surface area contributed by atoms with E-state index in [1.807, 2.05) is 30.3 Å². The molecule has 2 aromatic rings. The molecule has 0 aliphatic heterocycles. The number of nitrogens with one attached hydrogen (secondary N) is 1. The van der Waals surface area contributed by atoms with E-state index in [2.05, 4.69) is 15.4 Å². The molecule has 0 aliphatic carbocycles. The van der Waals surface area contributed by atoms with E-state index in [0.717, 1.165) is 18.1 Å². The number of anilines is 1. The lowest BCUT2D eigenvalue weighted by molar-refractivity contribution is 0.101. The molecule has 148 valence electrons. The third-order valence-corrected chi connectivity index (χ3v) is 3.51. The molecule has 27 heavy (non-hydrogen) atoms. The van der Waals surface area contributed by atoms with Crippen LogP contribution in [-0.2, 0) is 25.7 Å². The normalized spacial score (nSPS) is 11.1. The van der Waals surface area contributed by atoms with Crippen LogP contribution in [0.1, 0.15) is 22.8 Å². The molecule has 0 bridgehead atoms. The van der Waals surface area contributed by atoms with E-state index in [1.54, 1.807) is 12.1 Å². The van der Waals surface area contributed by atoms with Gasteiger partial charge in [0.15, 0.2) is 5.78 Å². The summed E-state index contributed by atoms with van der Waals surface area (Å²) < 4.78 is 49.7. The van der Waals surface area contributed by atoms with Gasteiger partial charge in [-0.3, -0.25) is 9.52 Å². The Kier molecular flexibility index (Phi) is 8.26. The van der Waals surface area contributed by atoms with Crippen molar-refractivity contribution in [1.29, 1.82) is 0 Å². The number of ether oxygens (including phenoxy) is 1. The first kappa shape index (κ1) is 22.9. The standard InChI is InChI=1S/C16H17NO4S.CH3ClO2S/c1-12(18)14-8-9-16(15(10-14)17-22(2,19)20)21-11-13-6-4-3-5-7-13;1-5(2,3)4/h3-10,17H,11H2,1-2H3;1H3. The number of halogens is 1. The van der Waals surface area contributed by atoms with Crippen LogP contribution in [0.2, 0.25) is 0 Å². The molecule has 0 unspecified atom stereocenters. The van der Waals surface area contributed by atoms with Crippen molar-refractivity contribution < 1.29 is 26.4 Å².